The topological polar surface area (TPSA) is 31.0 Å². The van der Waals surface area contributed by atoms with Gasteiger partial charge in [-0.05, 0) is 62.7 Å². The highest BCUT2D eigenvalue weighted by molar-refractivity contribution is 5.15. The number of rotatable bonds is 6. The first-order valence-corrected chi connectivity index (χ1v) is 9.74. The molecule has 23 heavy (non-hydrogen) atoms. The normalized spacial score (nSPS) is 50.6. The van der Waals surface area contributed by atoms with Gasteiger partial charge >= 0.3 is 0 Å². The summed E-state index contributed by atoms with van der Waals surface area (Å²) in [6.45, 7) is 9.16. The van der Waals surface area contributed by atoms with E-state index in [9.17, 15) is 0 Å². The molecule has 4 aliphatic rings. The summed E-state index contributed by atoms with van der Waals surface area (Å²) >= 11 is 0. The van der Waals surface area contributed by atoms with Gasteiger partial charge in [-0.1, -0.05) is 20.3 Å². The Kier molecular flexibility index (Phi) is 3.87. The maximum Gasteiger partial charge on any atom is 0.115 e. The molecule has 132 valence electrons. The van der Waals surface area contributed by atoms with E-state index in [0.717, 1.165) is 31.5 Å². The van der Waals surface area contributed by atoms with Gasteiger partial charge in [-0.25, -0.2) is 0 Å². The average molecular weight is 322 g/mol. The third-order valence-electron chi connectivity index (χ3n) is 8.31. The predicted molar refractivity (Wildman–Crippen MR) is 90.4 cm³/mol. The van der Waals surface area contributed by atoms with Gasteiger partial charge in [0.15, 0.2) is 0 Å². The van der Waals surface area contributed by atoms with Crippen LogP contribution < -0.4 is 0 Å². The molecule has 3 nitrogen and oxygen atoms in total. The fraction of sp³-hybridized carbons (Fsp3) is 1.00. The Bertz CT molecular complexity index is 460. The second kappa shape index (κ2) is 5.44. The first-order valence-electron chi connectivity index (χ1n) is 9.74. The van der Waals surface area contributed by atoms with E-state index in [4.69, 9.17) is 14.2 Å². The number of hydrogen-bond acceptors (Lipinski definition) is 3. The molecule has 2 heterocycles. The van der Waals surface area contributed by atoms with Gasteiger partial charge in [0.2, 0.25) is 0 Å². The van der Waals surface area contributed by atoms with Crippen LogP contribution in [0.4, 0.5) is 0 Å². The van der Waals surface area contributed by atoms with Crippen molar-refractivity contribution in [2.45, 2.75) is 83.5 Å². The summed E-state index contributed by atoms with van der Waals surface area (Å²) in [5.41, 5.74) is 1.03. The summed E-state index contributed by atoms with van der Waals surface area (Å²) in [5.74, 6) is 1.64. The molecule has 0 radical (unpaired) electrons. The van der Waals surface area contributed by atoms with Crippen LogP contribution in [0, 0.1) is 22.7 Å². The van der Waals surface area contributed by atoms with Crippen LogP contribution in [0.25, 0.3) is 0 Å². The lowest BCUT2D eigenvalue weighted by Crippen LogP contribution is -2.62. The summed E-state index contributed by atoms with van der Waals surface area (Å²) < 4.78 is 17.3. The summed E-state index contributed by atoms with van der Waals surface area (Å²) in [7, 11) is 1.84. The Morgan fingerprint density at radius 3 is 2.52 bits per heavy atom. The zero-order valence-electron chi connectivity index (χ0n) is 15.4. The van der Waals surface area contributed by atoms with Crippen molar-refractivity contribution in [3.8, 4) is 0 Å². The van der Waals surface area contributed by atoms with E-state index >= 15 is 0 Å². The summed E-state index contributed by atoms with van der Waals surface area (Å²) in [4.78, 5) is 0. The van der Waals surface area contributed by atoms with Crippen molar-refractivity contribution < 1.29 is 14.2 Å². The van der Waals surface area contributed by atoms with Crippen LogP contribution >= 0.6 is 0 Å². The molecule has 2 saturated heterocycles. The van der Waals surface area contributed by atoms with Gasteiger partial charge < -0.3 is 14.2 Å². The maximum absolute atomic E-state index is 5.96. The van der Waals surface area contributed by atoms with Crippen molar-refractivity contribution in [3.63, 3.8) is 0 Å². The van der Waals surface area contributed by atoms with Crippen LogP contribution in [-0.4, -0.2) is 38.1 Å². The van der Waals surface area contributed by atoms with Gasteiger partial charge in [0.05, 0.1) is 25.4 Å². The smallest absolute Gasteiger partial charge is 0.115 e. The van der Waals surface area contributed by atoms with E-state index in [1.807, 2.05) is 7.11 Å². The minimum Gasteiger partial charge on any atom is -0.378 e. The SMILES string of the molecule is CO[C@H](CC[C@@H](C)[C@H]1CC[C@@]23COC2CCC[C@]13C)[C@]1(C)CO1. The molecule has 3 heteroatoms. The fourth-order valence-corrected chi connectivity index (χ4v) is 6.50. The highest BCUT2D eigenvalue weighted by Crippen LogP contribution is 2.69. The fourth-order valence-electron chi connectivity index (χ4n) is 6.50. The van der Waals surface area contributed by atoms with Crippen LogP contribution in [-0.2, 0) is 14.2 Å². The van der Waals surface area contributed by atoms with Crippen molar-refractivity contribution in [3.05, 3.63) is 0 Å². The van der Waals surface area contributed by atoms with Crippen molar-refractivity contribution in [2.24, 2.45) is 22.7 Å². The Hall–Kier alpha value is -0.120. The lowest BCUT2D eigenvalue weighted by molar-refractivity contribution is -0.258. The molecule has 0 amide bonds. The van der Waals surface area contributed by atoms with Crippen LogP contribution in [0.1, 0.15) is 65.7 Å². The molecule has 4 rings (SSSR count). The molecule has 0 aromatic rings. The molecule has 2 aliphatic heterocycles. The molecule has 0 bridgehead atoms. The van der Waals surface area contributed by atoms with Gasteiger partial charge in [0.25, 0.3) is 0 Å². The van der Waals surface area contributed by atoms with Crippen molar-refractivity contribution in [2.75, 3.05) is 20.3 Å². The van der Waals surface area contributed by atoms with Gasteiger partial charge in [-0.3, -0.25) is 0 Å². The van der Waals surface area contributed by atoms with E-state index in [0.29, 0.717) is 16.9 Å². The quantitative estimate of drug-likeness (QED) is 0.687. The largest absolute Gasteiger partial charge is 0.378 e. The summed E-state index contributed by atoms with van der Waals surface area (Å²) in [6.07, 6.45) is 10.1. The number of ether oxygens (including phenoxy) is 3. The maximum atomic E-state index is 5.96. The molecule has 7 atom stereocenters. The van der Waals surface area contributed by atoms with E-state index in [1.165, 1.54) is 38.5 Å². The van der Waals surface area contributed by atoms with Crippen LogP contribution in [0.3, 0.4) is 0 Å². The molecule has 0 N–H and O–H groups in total. The second-order valence-electron chi connectivity index (χ2n) is 9.29. The van der Waals surface area contributed by atoms with Gasteiger partial charge in [-0.15, -0.1) is 0 Å². The standard InChI is InChI=1S/C20H34O3/c1-14(7-8-16(21-4)19(3)12-23-19)15-9-11-20-13-22-17(20)6-5-10-18(15,20)2/h14-17H,5-13H2,1-4H3/t14-,15-,16-,17?,18-,19+,20-/m1/s1. The molecule has 0 aromatic carbocycles. The van der Waals surface area contributed by atoms with E-state index < -0.39 is 0 Å². The second-order valence-corrected chi connectivity index (χ2v) is 9.29. The molecule has 1 unspecified atom stereocenters. The lowest BCUT2D eigenvalue weighted by atomic mass is 9.51. The van der Waals surface area contributed by atoms with Crippen LogP contribution in [0.15, 0.2) is 0 Å². The van der Waals surface area contributed by atoms with Gasteiger partial charge in [0, 0.05) is 12.5 Å². The van der Waals surface area contributed by atoms with Crippen LogP contribution in [0.5, 0.6) is 0 Å². The molecule has 0 aromatic heterocycles. The van der Waals surface area contributed by atoms with E-state index in [2.05, 4.69) is 20.8 Å². The Labute approximate surface area is 141 Å². The predicted octanol–water partition coefficient (Wildman–Crippen LogP) is 4.19. The van der Waals surface area contributed by atoms with E-state index in [-0.39, 0.29) is 11.7 Å². The molecular formula is C20H34O3. The highest BCUT2D eigenvalue weighted by atomic mass is 16.6. The zero-order chi connectivity index (χ0) is 16.3. The van der Waals surface area contributed by atoms with Crippen molar-refractivity contribution >= 4 is 0 Å². The summed E-state index contributed by atoms with van der Waals surface area (Å²) in [5, 5.41) is 0. The van der Waals surface area contributed by atoms with Gasteiger partial charge in [0.1, 0.15) is 5.60 Å². The molecular weight excluding hydrogens is 288 g/mol. The molecule has 2 saturated carbocycles. The first-order chi connectivity index (χ1) is 11.0. The number of hydrogen-bond donors (Lipinski definition) is 0. The number of epoxide rings is 1. The third kappa shape index (κ3) is 2.26. The monoisotopic (exact) mass is 322 g/mol. The van der Waals surface area contributed by atoms with Crippen LogP contribution in [0.2, 0.25) is 0 Å². The Morgan fingerprint density at radius 2 is 1.91 bits per heavy atom. The lowest BCUT2D eigenvalue weighted by Gasteiger charge is -2.61. The Balaban J connectivity index is 1.41. The Morgan fingerprint density at radius 1 is 1.13 bits per heavy atom. The number of methoxy groups -OCH3 is 1. The minimum absolute atomic E-state index is 0.00693. The first kappa shape index (κ1) is 16.4. The molecule has 2 aliphatic carbocycles. The van der Waals surface area contributed by atoms with E-state index in [1.54, 1.807) is 0 Å². The molecule has 1 spiro atoms. The van der Waals surface area contributed by atoms with Gasteiger partial charge in [-0.2, -0.15) is 0 Å². The van der Waals surface area contributed by atoms with Crippen molar-refractivity contribution in [1.29, 1.82) is 0 Å². The third-order valence-corrected chi connectivity index (χ3v) is 8.31. The highest BCUT2D eigenvalue weighted by Gasteiger charge is 2.67. The minimum atomic E-state index is -0.00693. The molecule has 4 fully saturated rings. The average Bonchev–Trinajstić information content (AvgIpc) is 3.14. The van der Waals surface area contributed by atoms with Crippen molar-refractivity contribution in [1.82, 2.24) is 0 Å². The summed E-state index contributed by atoms with van der Waals surface area (Å²) in [6, 6.07) is 0. The zero-order valence-corrected chi connectivity index (χ0v) is 15.4.